The standard InChI is InChI=1S/C26H28N2O5S/c1-4-28(5-2)34(31,32)22-16-13-20(14-17-22)15-18-25(29)33-19(3)26(30)27-24-12-8-10-21-9-6-7-11-23(21)24/h6-19H,4-5H2,1-3H3,(H,27,30)/b18-15+. The fourth-order valence-electron chi connectivity index (χ4n) is 3.46. The van der Waals surface area contributed by atoms with Gasteiger partial charge in [-0.15, -0.1) is 0 Å². The van der Waals surface area contributed by atoms with Crippen LogP contribution in [0.15, 0.2) is 77.7 Å². The molecule has 7 nitrogen and oxygen atoms in total. The maximum Gasteiger partial charge on any atom is 0.331 e. The van der Waals surface area contributed by atoms with Crippen LogP contribution in [0.4, 0.5) is 5.69 Å². The predicted octanol–water partition coefficient (Wildman–Crippen LogP) is 4.45. The number of fused-ring (bicyclic) bond motifs is 1. The fourth-order valence-corrected chi connectivity index (χ4v) is 4.92. The number of hydrogen-bond donors (Lipinski definition) is 1. The number of anilines is 1. The molecule has 178 valence electrons. The number of hydrogen-bond acceptors (Lipinski definition) is 5. The molecule has 1 atom stereocenters. The first-order valence-corrected chi connectivity index (χ1v) is 12.5. The summed E-state index contributed by atoms with van der Waals surface area (Å²) in [5.74, 6) is -1.12. The van der Waals surface area contributed by atoms with Gasteiger partial charge in [-0.1, -0.05) is 62.4 Å². The topological polar surface area (TPSA) is 92.8 Å². The summed E-state index contributed by atoms with van der Waals surface area (Å²) >= 11 is 0. The summed E-state index contributed by atoms with van der Waals surface area (Å²) in [5, 5.41) is 4.68. The Labute approximate surface area is 200 Å². The zero-order valence-corrected chi connectivity index (χ0v) is 20.2. The number of nitrogens with one attached hydrogen (secondary N) is 1. The highest BCUT2D eigenvalue weighted by Gasteiger charge is 2.21. The highest BCUT2D eigenvalue weighted by atomic mass is 32.2. The molecule has 8 heteroatoms. The van der Waals surface area contributed by atoms with Gasteiger partial charge in [0.25, 0.3) is 5.91 Å². The summed E-state index contributed by atoms with van der Waals surface area (Å²) in [5.41, 5.74) is 1.27. The summed E-state index contributed by atoms with van der Waals surface area (Å²) in [6.45, 7) is 5.84. The van der Waals surface area contributed by atoms with Crippen LogP contribution in [-0.4, -0.2) is 43.8 Å². The van der Waals surface area contributed by atoms with Crippen LogP contribution in [0.3, 0.4) is 0 Å². The largest absolute Gasteiger partial charge is 0.449 e. The van der Waals surface area contributed by atoms with Crippen molar-refractivity contribution in [3.05, 3.63) is 78.4 Å². The minimum atomic E-state index is -3.54. The molecular weight excluding hydrogens is 452 g/mol. The maximum absolute atomic E-state index is 12.6. The van der Waals surface area contributed by atoms with Gasteiger partial charge in [0.15, 0.2) is 6.10 Å². The number of esters is 1. The van der Waals surface area contributed by atoms with Crippen LogP contribution in [0.25, 0.3) is 16.8 Å². The number of nitrogens with zero attached hydrogens (tertiary/aromatic N) is 1. The van der Waals surface area contributed by atoms with Gasteiger partial charge in [-0.05, 0) is 42.1 Å². The second-order valence-corrected chi connectivity index (χ2v) is 9.52. The summed E-state index contributed by atoms with van der Waals surface area (Å²) in [6.07, 6.45) is 1.71. The fraction of sp³-hybridized carbons (Fsp3) is 0.231. The van der Waals surface area contributed by atoms with Crippen LogP contribution >= 0.6 is 0 Å². The van der Waals surface area contributed by atoms with E-state index in [4.69, 9.17) is 4.74 Å². The minimum Gasteiger partial charge on any atom is -0.449 e. The van der Waals surface area contributed by atoms with Crippen LogP contribution in [0, 0.1) is 0 Å². The zero-order valence-electron chi connectivity index (χ0n) is 19.4. The zero-order chi connectivity index (χ0) is 24.7. The molecule has 3 aromatic rings. The summed E-state index contributed by atoms with van der Waals surface area (Å²) < 4.78 is 31.7. The van der Waals surface area contributed by atoms with Gasteiger partial charge < -0.3 is 10.1 Å². The first kappa shape index (κ1) is 25.1. The average Bonchev–Trinajstić information content (AvgIpc) is 2.83. The molecule has 0 saturated heterocycles. The Morgan fingerprint density at radius 1 is 0.971 bits per heavy atom. The summed E-state index contributed by atoms with van der Waals surface area (Å²) in [6, 6.07) is 19.5. The van der Waals surface area contributed by atoms with Gasteiger partial charge >= 0.3 is 5.97 Å². The van der Waals surface area contributed by atoms with Crippen LogP contribution in [0.2, 0.25) is 0 Å². The van der Waals surface area contributed by atoms with Gasteiger partial charge in [0.2, 0.25) is 10.0 Å². The van der Waals surface area contributed by atoms with Gasteiger partial charge in [-0.2, -0.15) is 4.31 Å². The molecule has 1 amide bonds. The SMILES string of the molecule is CCN(CC)S(=O)(=O)c1ccc(/C=C/C(=O)OC(C)C(=O)Nc2cccc3ccccc23)cc1. The molecular formula is C26H28N2O5S. The first-order chi connectivity index (χ1) is 16.3. The van der Waals surface area contributed by atoms with Crippen molar-refractivity contribution >= 4 is 44.4 Å². The number of amides is 1. The third kappa shape index (κ3) is 5.89. The quantitative estimate of drug-likeness (QED) is 0.361. The van der Waals surface area contributed by atoms with Crippen molar-refractivity contribution < 1.29 is 22.7 Å². The minimum absolute atomic E-state index is 0.189. The van der Waals surface area contributed by atoms with Crippen molar-refractivity contribution in [2.24, 2.45) is 0 Å². The molecule has 0 saturated carbocycles. The summed E-state index contributed by atoms with van der Waals surface area (Å²) in [4.78, 5) is 24.9. The molecule has 3 rings (SSSR count). The highest BCUT2D eigenvalue weighted by Crippen LogP contribution is 2.23. The van der Waals surface area contributed by atoms with E-state index in [9.17, 15) is 18.0 Å². The summed E-state index contributed by atoms with van der Waals surface area (Å²) in [7, 11) is -3.54. The maximum atomic E-state index is 12.6. The normalized spacial score (nSPS) is 12.7. The van der Waals surface area contributed by atoms with Crippen molar-refractivity contribution in [2.75, 3.05) is 18.4 Å². The van der Waals surface area contributed by atoms with Crippen molar-refractivity contribution in [3.63, 3.8) is 0 Å². The average molecular weight is 481 g/mol. The van der Waals surface area contributed by atoms with Crippen LogP contribution in [0.1, 0.15) is 26.3 Å². The Morgan fingerprint density at radius 3 is 2.29 bits per heavy atom. The Balaban J connectivity index is 1.60. The molecule has 0 aliphatic rings. The van der Waals surface area contributed by atoms with Crippen molar-refractivity contribution in [3.8, 4) is 0 Å². The number of carbonyl (C=O) groups excluding carboxylic acids is 2. The lowest BCUT2D eigenvalue weighted by molar-refractivity contribution is -0.148. The Kier molecular flexibility index (Phi) is 8.20. The molecule has 3 aromatic carbocycles. The lowest BCUT2D eigenvalue weighted by atomic mass is 10.1. The van der Waals surface area contributed by atoms with E-state index in [1.165, 1.54) is 35.5 Å². The van der Waals surface area contributed by atoms with Gasteiger partial charge in [0.1, 0.15) is 0 Å². The van der Waals surface area contributed by atoms with E-state index in [1.54, 1.807) is 32.0 Å². The van der Waals surface area contributed by atoms with E-state index >= 15 is 0 Å². The monoisotopic (exact) mass is 480 g/mol. The molecule has 1 unspecified atom stereocenters. The number of benzene rings is 3. The van der Waals surface area contributed by atoms with Crippen LogP contribution < -0.4 is 5.32 Å². The molecule has 0 aromatic heterocycles. The van der Waals surface area contributed by atoms with E-state index < -0.39 is 28.0 Å². The Morgan fingerprint density at radius 2 is 1.62 bits per heavy atom. The van der Waals surface area contributed by atoms with Gasteiger partial charge in [-0.3, -0.25) is 4.79 Å². The van der Waals surface area contributed by atoms with E-state index in [0.717, 1.165) is 10.8 Å². The number of ether oxygens (including phenoxy) is 1. The number of rotatable bonds is 9. The van der Waals surface area contributed by atoms with Crippen molar-refractivity contribution in [1.29, 1.82) is 0 Å². The smallest absolute Gasteiger partial charge is 0.331 e. The number of carbonyl (C=O) groups is 2. The highest BCUT2D eigenvalue weighted by molar-refractivity contribution is 7.89. The molecule has 34 heavy (non-hydrogen) atoms. The third-order valence-corrected chi connectivity index (χ3v) is 7.41. The van der Waals surface area contributed by atoms with Crippen molar-refractivity contribution in [2.45, 2.75) is 31.8 Å². The Bertz CT molecular complexity index is 1290. The second kappa shape index (κ2) is 11.1. The van der Waals surface area contributed by atoms with E-state index in [2.05, 4.69) is 5.32 Å². The molecule has 1 N–H and O–H groups in total. The molecule has 0 aliphatic heterocycles. The molecule has 0 bridgehead atoms. The Hall–Kier alpha value is -3.49. The van der Waals surface area contributed by atoms with Gasteiger partial charge in [0.05, 0.1) is 4.90 Å². The molecule has 0 heterocycles. The van der Waals surface area contributed by atoms with E-state index in [-0.39, 0.29) is 4.90 Å². The van der Waals surface area contributed by atoms with Gasteiger partial charge in [0, 0.05) is 30.2 Å². The van der Waals surface area contributed by atoms with E-state index in [1.807, 2.05) is 36.4 Å². The first-order valence-electron chi connectivity index (χ1n) is 11.0. The van der Waals surface area contributed by atoms with Crippen LogP contribution in [-0.2, 0) is 24.3 Å². The third-order valence-electron chi connectivity index (χ3n) is 5.34. The predicted molar refractivity (Wildman–Crippen MR) is 134 cm³/mol. The van der Waals surface area contributed by atoms with E-state index in [0.29, 0.717) is 24.3 Å². The van der Waals surface area contributed by atoms with Crippen molar-refractivity contribution in [1.82, 2.24) is 4.31 Å². The molecule has 0 fully saturated rings. The molecule has 0 aliphatic carbocycles. The van der Waals surface area contributed by atoms with Gasteiger partial charge in [-0.25, -0.2) is 13.2 Å². The second-order valence-electron chi connectivity index (χ2n) is 7.59. The lowest BCUT2D eigenvalue weighted by Crippen LogP contribution is -2.30. The van der Waals surface area contributed by atoms with Crippen LogP contribution in [0.5, 0.6) is 0 Å². The lowest BCUT2D eigenvalue weighted by Gasteiger charge is -2.18. The molecule has 0 radical (unpaired) electrons. The number of sulfonamides is 1. The molecule has 0 spiro atoms.